The zero-order valence-corrected chi connectivity index (χ0v) is 13.8. The third-order valence-electron chi connectivity index (χ3n) is 3.34. The number of non-ortho nitro benzene ring substituents is 1. The first-order valence-electron chi connectivity index (χ1n) is 7.44. The standard InChI is InChI=1S/C17H14N6O3/c1-26-17-8-14(20-11-12(9-18)10-19)4-7-16(17)22-21-13-2-5-15(6-3-13)23(24)25/h2-8,12,20H,11H2,1H3. The largest absolute Gasteiger partial charge is 0.494 e. The molecule has 0 bridgehead atoms. The number of ether oxygens (including phenoxy) is 1. The molecular formula is C17H14N6O3. The average molecular weight is 350 g/mol. The smallest absolute Gasteiger partial charge is 0.269 e. The summed E-state index contributed by atoms with van der Waals surface area (Å²) >= 11 is 0. The Bertz CT molecular complexity index is 882. The zero-order valence-electron chi connectivity index (χ0n) is 13.8. The molecular weight excluding hydrogens is 336 g/mol. The minimum atomic E-state index is -0.748. The number of nitro groups is 1. The lowest BCUT2D eigenvalue weighted by atomic mass is 10.2. The van der Waals surface area contributed by atoms with Gasteiger partial charge in [-0.3, -0.25) is 10.1 Å². The number of nitrogens with one attached hydrogen (secondary N) is 1. The molecule has 0 aliphatic heterocycles. The van der Waals surface area contributed by atoms with Gasteiger partial charge in [-0.1, -0.05) is 0 Å². The normalized spacial score (nSPS) is 10.3. The number of nitro benzene ring substituents is 1. The van der Waals surface area contributed by atoms with Crippen LogP contribution in [0, 0.1) is 38.7 Å². The van der Waals surface area contributed by atoms with Gasteiger partial charge in [0.1, 0.15) is 17.4 Å². The van der Waals surface area contributed by atoms with Crippen LogP contribution in [0.15, 0.2) is 52.7 Å². The Labute approximate surface area is 149 Å². The molecule has 0 saturated carbocycles. The monoisotopic (exact) mass is 350 g/mol. The summed E-state index contributed by atoms with van der Waals surface area (Å²) in [6, 6.07) is 14.5. The van der Waals surface area contributed by atoms with E-state index in [4.69, 9.17) is 15.3 Å². The van der Waals surface area contributed by atoms with E-state index >= 15 is 0 Å². The molecule has 2 aromatic rings. The lowest BCUT2D eigenvalue weighted by Gasteiger charge is -2.09. The first-order chi connectivity index (χ1) is 12.6. The fourth-order valence-electron chi connectivity index (χ4n) is 1.96. The van der Waals surface area contributed by atoms with Crippen LogP contribution in [0.3, 0.4) is 0 Å². The maximum atomic E-state index is 10.6. The van der Waals surface area contributed by atoms with E-state index in [9.17, 15) is 10.1 Å². The molecule has 0 aliphatic rings. The van der Waals surface area contributed by atoms with E-state index in [0.717, 1.165) is 0 Å². The van der Waals surface area contributed by atoms with Crippen molar-refractivity contribution in [2.24, 2.45) is 16.1 Å². The molecule has 0 radical (unpaired) electrons. The number of azo groups is 1. The van der Waals surface area contributed by atoms with Crippen LogP contribution in [-0.4, -0.2) is 18.6 Å². The molecule has 0 amide bonds. The summed E-state index contributed by atoms with van der Waals surface area (Å²) in [5, 5.41) is 39.3. The molecule has 2 rings (SSSR count). The summed E-state index contributed by atoms with van der Waals surface area (Å²) in [6.07, 6.45) is 0. The van der Waals surface area contributed by atoms with Gasteiger partial charge >= 0.3 is 0 Å². The molecule has 0 saturated heterocycles. The number of hydrogen-bond acceptors (Lipinski definition) is 8. The van der Waals surface area contributed by atoms with Gasteiger partial charge in [-0.15, -0.1) is 5.11 Å². The summed E-state index contributed by atoms with van der Waals surface area (Å²) in [7, 11) is 1.48. The predicted octanol–water partition coefficient (Wildman–Crippen LogP) is 4.09. The van der Waals surface area contributed by atoms with Crippen LogP contribution in [0.5, 0.6) is 5.75 Å². The third kappa shape index (κ3) is 4.76. The fourth-order valence-corrected chi connectivity index (χ4v) is 1.96. The Morgan fingerprint density at radius 2 is 1.88 bits per heavy atom. The molecule has 9 heteroatoms. The summed E-state index contributed by atoms with van der Waals surface area (Å²) < 4.78 is 5.27. The maximum absolute atomic E-state index is 10.6. The third-order valence-corrected chi connectivity index (χ3v) is 3.34. The number of anilines is 1. The summed E-state index contributed by atoms with van der Waals surface area (Å²) in [6.45, 7) is 0.194. The molecule has 0 aromatic heterocycles. The quantitative estimate of drug-likeness (QED) is 0.453. The fraction of sp³-hybridized carbons (Fsp3) is 0.176. The zero-order chi connectivity index (χ0) is 18.9. The van der Waals surface area contributed by atoms with Gasteiger partial charge in [0.25, 0.3) is 5.69 Å². The molecule has 130 valence electrons. The Morgan fingerprint density at radius 1 is 1.19 bits per heavy atom. The SMILES string of the molecule is COc1cc(NCC(C#N)C#N)ccc1N=Nc1ccc([N+](=O)[O-])cc1. The predicted molar refractivity (Wildman–Crippen MR) is 93.5 cm³/mol. The lowest BCUT2D eigenvalue weighted by molar-refractivity contribution is -0.384. The summed E-state index contributed by atoms with van der Waals surface area (Å²) in [4.78, 5) is 10.1. The number of nitriles is 2. The number of rotatable bonds is 7. The highest BCUT2D eigenvalue weighted by Gasteiger charge is 2.08. The van der Waals surface area contributed by atoms with E-state index in [-0.39, 0.29) is 12.2 Å². The minimum absolute atomic E-state index is 0.0231. The van der Waals surface area contributed by atoms with Crippen molar-refractivity contribution in [2.75, 3.05) is 19.0 Å². The molecule has 0 unspecified atom stereocenters. The maximum Gasteiger partial charge on any atom is 0.269 e. The second kappa shape index (κ2) is 8.76. The Morgan fingerprint density at radius 3 is 2.46 bits per heavy atom. The Kier molecular flexibility index (Phi) is 6.18. The molecule has 0 atom stereocenters. The van der Waals surface area contributed by atoms with Crippen molar-refractivity contribution in [2.45, 2.75) is 0 Å². The van der Waals surface area contributed by atoms with E-state index in [1.807, 2.05) is 12.1 Å². The first kappa shape index (κ1) is 18.4. The molecule has 26 heavy (non-hydrogen) atoms. The van der Waals surface area contributed by atoms with Gasteiger partial charge in [0, 0.05) is 30.4 Å². The molecule has 0 aliphatic carbocycles. The van der Waals surface area contributed by atoms with Crippen LogP contribution in [0.2, 0.25) is 0 Å². The van der Waals surface area contributed by atoms with Crippen LogP contribution in [0.25, 0.3) is 0 Å². The number of nitrogens with zero attached hydrogens (tertiary/aromatic N) is 5. The second-order valence-corrected chi connectivity index (χ2v) is 5.05. The molecule has 0 fully saturated rings. The van der Waals surface area contributed by atoms with Crippen molar-refractivity contribution in [3.05, 3.63) is 52.6 Å². The van der Waals surface area contributed by atoms with Crippen LogP contribution in [-0.2, 0) is 0 Å². The second-order valence-electron chi connectivity index (χ2n) is 5.05. The molecule has 0 heterocycles. The van der Waals surface area contributed by atoms with E-state index < -0.39 is 10.8 Å². The molecule has 0 spiro atoms. The van der Waals surface area contributed by atoms with E-state index in [1.165, 1.54) is 31.4 Å². The lowest BCUT2D eigenvalue weighted by Crippen LogP contribution is -2.10. The minimum Gasteiger partial charge on any atom is -0.494 e. The summed E-state index contributed by atoms with van der Waals surface area (Å²) in [5.41, 5.74) is 1.58. The number of benzene rings is 2. The van der Waals surface area contributed by atoms with Crippen LogP contribution < -0.4 is 10.1 Å². The van der Waals surface area contributed by atoms with E-state index in [1.54, 1.807) is 18.2 Å². The van der Waals surface area contributed by atoms with Gasteiger partial charge in [0.05, 0.1) is 29.9 Å². The van der Waals surface area contributed by atoms with Crippen molar-refractivity contribution in [3.8, 4) is 17.9 Å². The van der Waals surface area contributed by atoms with Gasteiger partial charge in [0.15, 0.2) is 0 Å². The summed E-state index contributed by atoms with van der Waals surface area (Å²) in [5.74, 6) is -0.298. The molecule has 2 aromatic carbocycles. The van der Waals surface area contributed by atoms with Crippen molar-refractivity contribution in [1.29, 1.82) is 10.5 Å². The molecule has 9 nitrogen and oxygen atoms in total. The number of hydrogen-bond donors (Lipinski definition) is 1. The average Bonchev–Trinajstić information content (AvgIpc) is 2.67. The van der Waals surface area contributed by atoms with Crippen molar-refractivity contribution in [1.82, 2.24) is 0 Å². The van der Waals surface area contributed by atoms with Gasteiger partial charge < -0.3 is 10.1 Å². The van der Waals surface area contributed by atoms with Gasteiger partial charge in [0.2, 0.25) is 0 Å². The van der Waals surface area contributed by atoms with Crippen LogP contribution in [0.1, 0.15) is 0 Å². The highest BCUT2D eigenvalue weighted by Crippen LogP contribution is 2.32. The Hall–Kier alpha value is -3.98. The Balaban J connectivity index is 2.13. The van der Waals surface area contributed by atoms with Gasteiger partial charge in [-0.2, -0.15) is 15.6 Å². The van der Waals surface area contributed by atoms with Crippen molar-refractivity contribution >= 4 is 22.7 Å². The first-order valence-corrected chi connectivity index (χ1v) is 7.44. The molecule has 1 N–H and O–H groups in total. The van der Waals surface area contributed by atoms with Crippen molar-refractivity contribution in [3.63, 3.8) is 0 Å². The highest BCUT2D eigenvalue weighted by molar-refractivity contribution is 5.61. The van der Waals surface area contributed by atoms with Crippen molar-refractivity contribution < 1.29 is 9.66 Å². The van der Waals surface area contributed by atoms with E-state index in [0.29, 0.717) is 22.8 Å². The van der Waals surface area contributed by atoms with Gasteiger partial charge in [-0.05, 0) is 24.3 Å². The highest BCUT2D eigenvalue weighted by atomic mass is 16.6. The van der Waals surface area contributed by atoms with E-state index in [2.05, 4.69) is 15.5 Å². The topological polar surface area (TPSA) is 137 Å². The van der Waals surface area contributed by atoms with Gasteiger partial charge in [-0.25, -0.2) is 0 Å². The van der Waals surface area contributed by atoms with Crippen LogP contribution in [0.4, 0.5) is 22.7 Å². The van der Waals surface area contributed by atoms with Crippen LogP contribution >= 0.6 is 0 Å². The number of methoxy groups -OCH3 is 1.